The van der Waals surface area contributed by atoms with Crippen LogP contribution in [0, 0.1) is 6.92 Å². The zero-order valence-corrected chi connectivity index (χ0v) is 11.7. The van der Waals surface area contributed by atoms with E-state index in [4.69, 9.17) is 10.5 Å². The quantitative estimate of drug-likeness (QED) is 0.846. The minimum Gasteiger partial charge on any atom is -0.399 e. The summed E-state index contributed by atoms with van der Waals surface area (Å²) in [5.41, 5.74) is 8.21. The molecule has 0 fully saturated rings. The number of tetrazole rings is 1. The van der Waals surface area contributed by atoms with Gasteiger partial charge < -0.3 is 10.5 Å². The second kappa shape index (κ2) is 4.97. The van der Waals surface area contributed by atoms with Gasteiger partial charge in [0, 0.05) is 18.4 Å². The molecule has 1 aromatic heterocycles. The molecule has 0 spiro atoms. The molecule has 0 radical (unpaired) electrons. The van der Waals surface area contributed by atoms with Crippen molar-refractivity contribution in [2.75, 3.05) is 19.5 Å². The summed E-state index contributed by atoms with van der Waals surface area (Å²) in [6, 6.07) is 5.71. The lowest BCUT2D eigenvalue weighted by Gasteiger charge is -2.25. The number of hydrogen-bond donors (Lipinski definition) is 1. The summed E-state index contributed by atoms with van der Waals surface area (Å²) in [5, 5.41) is 12.0. The summed E-state index contributed by atoms with van der Waals surface area (Å²) < 4.78 is 7.02. The van der Waals surface area contributed by atoms with Gasteiger partial charge >= 0.3 is 0 Å². The number of nitrogen functional groups attached to an aromatic ring is 1. The zero-order chi connectivity index (χ0) is 14.0. The average molecular weight is 261 g/mol. The molecular weight excluding hydrogens is 242 g/mol. The molecule has 0 bridgehead atoms. The first-order valence-electron chi connectivity index (χ1n) is 6.10. The summed E-state index contributed by atoms with van der Waals surface area (Å²) >= 11 is 0. The molecule has 1 aromatic carbocycles. The fraction of sp³-hybridized carbons (Fsp3) is 0.462. The molecular formula is C13H19N5O. The highest BCUT2D eigenvalue weighted by atomic mass is 16.5. The number of aromatic nitrogens is 4. The maximum absolute atomic E-state index is 5.77. The predicted octanol–water partition coefficient (Wildman–Crippen LogP) is 1.61. The molecule has 0 amide bonds. The van der Waals surface area contributed by atoms with Crippen molar-refractivity contribution in [1.29, 1.82) is 0 Å². The lowest BCUT2D eigenvalue weighted by Crippen LogP contribution is -2.33. The van der Waals surface area contributed by atoms with Crippen LogP contribution in [0.15, 0.2) is 18.2 Å². The standard InChI is InChI=1S/C13H19N5O/c1-9-7-10(14)5-6-11(9)12-15-16-17-18(12)13(2,3)8-19-4/h5-7H,8,14H2,1-4H3. The number of hydrogen-bond acceptors (Lipinski definition) is 5. The molecule has 2 rings (SSSR count). The highest BCUT2D eigenvalue weighted by molar-refractivity contribution is 5.63. The molecule has 0 saturated heterocycles. The first kappa shape index (κ1) is 13.5. The Morgan fingerprint density at radius 2 is 2.11 bits per heavy atom. The Morgan fingerprint density at radius 1 is 1.37 bits per heavy atom. The van der Waals surface area contributed by atoms with Crippen molar-refractivity contribution in [2.45, 2.75) is 26.3 Å². The van der Waals surface area contributed by atoms with Gasteiger partial charge in [-0.2, -0.15) is 0 Å². The number of methoxy groups -OCH3 is 1. The van der Waals surface area contributed by atoms with Crippen molar-refractivity contribution in [3.63, 3.8) is 0 Å². The Labute approximate surface area is 112 Å². The monoisotopic (exact) mass is 261 g/mol. The van der Waals surface area contributed by atoms with Crippen LogP contribution in [-0.4, -0.2) is 33.9 Å². The van der Waals surface area contributed by atoms with Crippen LogP contribution in [0.5, 0.6) is 0 Å². The van der Waals surface area contributed by atoms with Crippen LogP contribution in [0.4, 0.5) is 5.69 Å². The number of rotatable bonds is 4. The Bertz CT molecular complexity index is 576. The topological polar surface area (TPSA) is 78.8 Å². The van der Waals surface area contributed by atoms with Crippen LogP contribution in [-0.2, 0) is 10.3 Å². The third-order valence-corrected chi connectivity index (χ3v) is 3.03. The van der Waals surface area contributed by atoms with Crippen LogP contribution < -0.4 is 5.73 Å². The third-order valence-electron chi connectivity index (χ3n) is 3.03. The van der Waals surface area contributed by atoms with E-state index in [0.717, 1.165) is 22.6 Å². The normalized spacial score (nSPS) is 11.8. The van der Waals surface area contributed by atoms with E-state index >= 15 is 0 Å². The van der Waals surface area contributed by atoms with Crippen molar-refractivity contribution >= 4 is 5.69 Å². The van der Waals surface area contributed by atoms with Gasteiger partial charge in [-0.15, -0.1) is 5.10 Å². The lowest BCUT2D eigenvalue weighted by atomic mass is 10.0. The van der Waals surface area contributed by atoms with Crippen molar-refractivity contribution in [3.8, 4) is 11.4 Å². The van der Waals surface area contributed by atoms with Gasteiger partial charge in [0.05, 0.1) is 12.1 Å². The van der Waals surface area contributed by atoms with Crippen molar-refractivity contribution in [1.82, 2.24) is 20.2 Å². The van der Waals surface area contributed by atoms with Gasteiger partial charge in [0.2, 0.25) is 0 Å². The number of nitrogens with two attached hydrogens (primary N) is 1. The first-order chi connectivity index (χ1) is 8.95. The van der Waals surface area contributed by atoms with Gasteiger partial charge in [-0.3, -0.25) is 0 Å². The molecule has 1 heterocycles. The Balaban J connectivity index is 2.50. The van der Waals surface area contributed by atoms with Gasteiger partial charge in [-0.25, -0.2) is 4.68 Å². The highest BCUT2D eigenvalue weighted by Crippen LogP contribution is 2.26. The van der Waals surface area contributed by atoms with Crippen LogP contribution >= 0.6 is 0 Å². The Morgan fingerprint density at radius 3 is 2.74 bits per heavy atom. The molecule has 6 heteroatoms. The number of anilines is 1. The lowest BCUT2D eigenvalue weighted by molar-refractivity contribution is 0.101. The predicted molar refractivity (Wildman–Crippen MR) is 73.6 cm³/mol. The molecule has 0 aliphatic heterocycles. The van der Waals surface area contributed by atoms with Crippen LogP contribution in [0.2, 0.25) is 0 Å². The van der Waals surface area contributed by atoms with Crippen molar-refractivity contribution in [2.24, 2.45) is 0 Å². The van der Waals surface area contributed by atoms with Crippen molar-refractivity contribution < 1.29 is 4.74 Å². The zero-order valence-electron chi connectivity index (χ0n) is 11.7. The Hall–Kier alpha value is -1.95. The fourth-order valence-corrected chi connectivity index (χ4v) is 2.11. The molecule has 2 aromatic rings. The molecule has 6 nitrogen and oxygen atoms in total. The number of nitrogens with zero attached hydrogens (tertiary/aromatic N) is 4. The minimum absolute atomic E-state index is 0.318. The molecule has 2 N–H and O–H groups in total. The molecule has 0 aliphatic carbocycles. The van der Waals surface area contributed by atoms with Gasteiger partial charge in [0.15, 0.2) is 5.82 Å². The maximum atomic E-state index is 5.77. The molecule has 0 atom stereocenters. The second-order valence-electron chi connectivity index (χ2n) is 5.23. The summed E-state index contributed by atoms with van der Waals surface area (Å²) in [5.74, 6) is 0.722. The van der Waals surface area contributed by atoms with E-state index in [0.29, 0.717) is 6.61 Å². The Kier molecular flexibility index (Phi) is 3.53. The second-order valence-corrected chi connectivity index (χ2v) is 5.23. The first-order valence-corrected chi connectivity index (χ1v) is 6.10. The van der Waals surface area contributed by atoms with Gasteiger partial charge in [0.1, 0.15) is 0 Å². The SMILES string of the molecule is COCC(C)(C)n1nnnc1-c1ccc(N)cc1C. The molecule has 0 aliphatic rings. The molecule has 0 saturated carbocycles. The van der Waals surface area contributed by atoms with E-state index in [1.807, 2.05) is 39.0 Å². The van der Waals surface area contributed by atoms with Crippen LogP contribution in [0.3, 0.4) is 0 Å². The summed E-state index contributed by atoms with van der Waals surface area (Å²) in [6.45, 7) is 6.58. The number of aryl methyl sites for hydroxylation is 1. The molecule has 0 unspecified atom stereocenters. The molecule has 102 valence electrons. The number of benzene rings is 1. The van der Waals surface area contributed by atoms with Crippen LogP contribution in [0.1, 0.15) is 19.4 Å². The van der Waals surface area contributed by atoms with Gasteiger partial charge in [-0.05, 0) is 55.0 Å². The van der Waals surface area contributed by atoms with E-state index in [-0.39, 0.29) is 5.54 Å². The van der Waals surface area contributed by atoms with E-state index in [1.165, 1.54) is 0 Å². The highest BCUT2D eigenvalue weighted by Gasteiger charge is 2.26. The summed E-state index contributed by atoms with van der Waals surface area (Å²) in [7, 11) is 1.67. The minimum atomic E-state index is -0.318. The van der Waals surface area contributed by atoms with E-state index in [1.54, 1.807) is 11.8 Å². The number of ether oxygens (including phenoxy) is 1. The van der Waals surface area contributed by atoms with E-state index in [9.17, 15) is 0 Å². The van der Waals surface area contributed by atoms with Crippen molar-refractivity contribution in [3.05, 3.63) is 23.8 Å². The van der Waals surface area contributed by atoms with E-state index in [2.05, 4.69) is 15.5 Å². The largest absolute Gasteiger partial charge is 0.399 e. The summed E-state index contributed by atoms with van der Waals surface area (Å²) in [4.78, 5) is 0. The van der Waals surface area contributed by atoms with Crippen LogP contribution in [0.25, 0.3) is 11.4 Å². The maximum Gasteiger partial charge on any atom is 0.182 e. The molecule has 19 heavy (non-hydrogen) atoms. The summed E-state index contributed by atoms with van der Waals surface area (Å²) in [6.07, 6.45) is 0. The van der Waals surface area contributed by atoms with Gasteiger partial charge in [0.25, 0.3) is 0 Å². The van der Waals surface area contributed by atoms with Gasteiger partial charge in [-0.1, -0.05) is 0 Å². The smallest absolute Gasteiger partial charge is 0.182 e. The fourth-order valence-electron chi connectivity index (χ4n) is 2.11. The third kappa shape index (κ3) is 2.58. The average Bonchev–Trinajstić information content (AvgIpc) is 2.78. The van der Waals surface area contributed by atoms with E-state index < -0.39 is 0 Å².